The van der Waals surface area contributed by atoms with Crippen LogP contribution in [0.2, 0.25) is 0 Å². The summed E-state index contributed by atoms with van der Waals surface area (Å²) >= 11 is 0. The fraction of sp³-hybridized carbons (Fsp3) is 0.167. The second-order valence-electron chi connectivity index (χ2n) is 1.78. The molecule has 0 fully saturated rings. The molecule has 1 aromatic heterocycles. The highest BCUT2D eigenvalue weighted by Crippen LogP contribution is 2.23. The van der Waals surface area contributed by atoms with Crippen molar-refractivity contribution in [2.75, 3.05) is 0 Å². The first kappa shape index (κ1) is 7.54. The first-order valence-corrected chi connectivity index (χ1v) is 2.72. The predicted molar refractivity (Wildman–Crippen MR) is 31.5 cm³/mol. The lowest BCUT2D eigenvalue weighted by Crippen LogP contribution is -2.11. The molecule has 0 N–H and O–H groups in total. The van der Waals surface area contributed by atoms with Gasteiger partial charge in [-0.3, -0.25) is 0 Å². The van der Waals surface area contributed by atoms with Gasteiger partial charge < -0.3 is 0 Å². The number of rotatable bonds is 1. The number of halogens is 2. The molecule has 0 bridgehead atoms. The Morgan fingerprint density at radius 2 is 2.27 bits per heavy atom. The zero-order chi connectivity index (χ0) is 8.32. The highest BCUT2D eigenvalue weighted by molar-refractivity contribution is 5.14. The Kier molecular flexibility index (Phi) is 1.77. The number of hydrogen-bond donors (Lipinski definition) is 0. The van der Waals surface area contributed by atoms with Gasteiger partial charge in [0.05, 0.1) is 0 Å². The molecule has 0 amide bonds. The summed E-state index contributed by atoms with van der Waals surface area (Å²) in [6, 6.07) is 1.84. The predicted octanol–water partition coefficient (Wildman–Crippen LogP) is 1.09. The van der Waals surface area contributed by atoms with Crippen LogP contribution in [-0.4, -0.2) is 9.97 Å². The molecular weight excluding hydrogens is 152 g/mol. The van der Waals surface area contributed by atoms with Crippen LogP contribution in [0.4, 0.5) is 8.78 Å². The SMILES string of the molecule is N#CC(F)(F)c1ccncn1. The molecule has 1 aromatic rings. The molecule has 0 aliphatic carbocycles. The van der Waals surface area contributed by atoms with Crippen LogP contribution in [0.15, 0.2) is 18.6 Å². The molecule has 0 atom stereocenters. The Balaban J connectivity index is 3.05. The van der Waals surface area contributed by atoms with Crippen molar-refractivity contribution in [1.29, 1.82) is 5.26 Å². The lowest BCUT2D eigenvalue weighted by molar-refractivity contribution is 0.0562. The van der Waals surface area contributed by atoms with Crippen molar-refractivity contribution in [1.82, 2.24) is 9.97 Å². The van der Waals surface area contributed by atoms with Crippen LogP contribution in [0.1, 0.15) is 5.69 Å². The molecule has 0 aliphatic heterocycles. The van der Waals surface area contributed by atoms with Crippen LogP contribution in [0.5, 0.6) is 0 Å². The van der Waals surface area contributed by atoms with E-state index in [0.717, 1.165) is 24.7 Å². The lowest BCUT2D eigenvalue weighted by atomic mass is 10.2. The van der Waals surface area contributed by atoms with Gasteiger partial charge in [0, 0.05) is 6.20 Å². The minimum Gasteiger partial charge on any atom is -0.245 e. The molecule has 0 unspecified atom stereocenters. The van der Waals surface area contributed by atoms with Gasteiger partial charge in [-0.25, -0.2) is 9.97 Å². The molecule has 5 heteroatoms. The summed E-state index contributed by atoms with van der Waals surface area (Å²) in [6.07, 6.45) is 2.13. The van der Waals surface area contributed by atoms with E-state index in [1.807, 2.05) is 0 Å². The number of hydrogen-bond acceptors (Lipinski definition) is 3. The van der Waals surface area contributed by atoms with Gasteiger partial charge in [-0.1, -0.05) is 0 Å². The standard InChI is InChI=1S/C6H3F2N3/c7-6(8,3-9)5-1-2-10-4-11-5/h1-2,4H. The van der Waals surface area contributed by atoms with Gasteiger partial charge >= 0.3 is 5.92 Å². The summed E-state index contributed by atoms with van der Waals surface area (Å²) in [5.74, 6) is -3.51. The van der Waals surface area contributed by atoms with Crippen LogP contribution in [0.3, 0.4) is 0 Å². The van der Waals surface area contributed by atoms with E-state index in [4.69, 9.17) is 5.26 Å². The van der Waals surface area contributed by atoms with Gasteiger partial charge in [0.25, 0.3) is 0 Å². The van der Waals surface area contributed by atoms with Crippen molar-refractivity contribution in [2.45, 2.75) is 5.92 Å². The van der Waals surface area contributed by atoms with Gasteiger partial charge in [0.15, 0.2) is 0 Å². The molecular formula is C6H3F2N3. The summed E-state index contributed by atoms with van der Waals surface area (Å²) in [7, 11) is 0. The van der Waals surface area contributed by atoms with Crippen LogP contribution in [0, 0.1) is 11.3 Å². The quantitative estimate of drug-likeness (QED) is 0.609. The normalized spacial score (nSPS) is 10.6. The molecule has 0 radical (unpaired) electrons. The highest BCUT2D eigenvalue weighted by Gasteiger charge is 2.32. The molecule has 0 aliphatic rings. The average Bonchev–Trinajstić information content (AvgIpc) is 2.06. The molecule has 0 saturated carbocycles. The summed E-state index contributed by atoms with van der Waals surface area (Å²) in [5.41, 5.74) is -0.574. The summed E-state index contributed by atoms with van der Waals surface area (Å²) < 4.78 is 24.9. The monoisotopic (exact) mass is 155 g/mol. The second kappa shape index (κ2) is 2.58. The zero-order valence-corrected chi connectivity index (χ0v) is 5.33. The minimum atomic E-state index is -3.51. The van der Waals surface area contributed by atoms with Crippen LogP contribution >= 0.6 is 0 Å². The van der Waals surface area contributed by atoms with Crippen molar-refractivity contribution < 1.29 is 8.78 Å². The first-order valence-electron chi connectivity index (χ1n) is 2.72. The fourth-order valence-electron chi connectivity index (χ4n) is 0.534. The van der Waals surface area contributed by atoms with Crippen molar-refractivity contribution in [3.63, 3.8) is 0 Å². The topological polar surface area (TPSA) is 49.6 Å². The zero-order valence-electron chi connectivity index (χ0n) is 5.33. The molecule has 1 rings (SSSR count). The molecule has 0 spiro atoms. The van der Waals surface area contributed by atoms with Crippen molar-refractivity contribution in [3.05, 3.63) is 24.3 Å². The molecule has 11 heavy (non-hydrogen) atoms. The highest BCUT2D eigenvalue weighted by atomic mass is 19.3. The Morgan fingerprint density at radius 3 is 2.73 bits per heavy atom. The maximum absolute atomic E-state index is 12.4. The van der Waals surface area contributed by atoms with Crippen molar-refractivity contribution >= 4 is 0 Å². The van der Waals surface area contributed by atoms with E-state index in [0.29, 0.717) is 0 Å². The van der Waals surface area contributed by atoms with E-state index in [1.54, 1.807) is 0 Å². The average molecular weight is 155 g/mol. The van der Waals surface area contributed by atoms with Crippen molar-refractivity contribution in [2.24, 2.45) is 0 Å². The number of alkyl halides is 2. The molecule has 3 nitrogen and oxygen atoms in total. The van der Waals surface area contributed by atoms with Gasteiger partial charge in [-0.15, -0.1) is 0 Å². The summed E-state index contributed by atoms with van der Waals surface area (Å²) in [5, 5.41) is 7.99. The Bertz CT molecular complexity index is 278. The molecule has 0 saturated heterocycles. The first-order chi connectivity index (χ1) is 5.17. The molecule has 0 aromatic carbocycles. The maximum atomic E-state index is 12.4. The van der Waals surface area contributed by atoms with E-state index in [2.05, 4.69) is 9.97 Å². The van der Waals surface area contributed by atoms with Crippen LogP contribution < -0.4 is 0 Å². The Morgan fingerprint density at radius 1 is 1.55 bits per heavy atom. The van der Waals surface area contributed by atoms with E-state index in [9.17, 15) is 8.78 Å². The maximum Gasteiger partial charge on any atom is 0.373 e. The van der Waals surface area contributed by atoms with Gasteiger partial charge in [0.1, 0.15) is 18.1 Å². The number of aromatic nitrogens is 2. The van der Waals surface area contributed by atoms with E-state index >= 15 is 0 Å². The van der Waals surface area contributed by atoms with Gasteiger partial charge in [-0.05, 0) is 6.07 Å². The fourth-order valence-corrected chi connectivity index (χ4v) is 0.534. The molecule has 56 valence electrons. The minimum absolute atomic E-state index is 0.574. The van der Waals surface area contributed by atoms with Crippen molar-refractivity contribution in [3.8, 4) is 6.07 Å². The smallest absolute Gasteiger partial charge is 0.245 e. The Labute approximate surface area is 61.3 Å². The molecule has 1 heterocycles. The summed E-state index contributed by atoms with van der Waals surface area (Å²) in [6.45, 7) is 0. The number of nitriles is 1. The number of nitrogens with zero attached hydrogens (tertiary/aromatic N) is 3. The van der Waals surface area contributed by atoms with Crippen LogP contribution in [-0.2, 0) is 5.92 Å². The van der Waals surface area contributed by atoms with Crippen LogP contribution in [0.25, 0.3) is 0 Å². The lowest BCUT2D eigenvalue weighted by Gasteiger charge is -2.03. The third-order valence-corrected chi connectivity index (χ3v) is 1.04. The van der Waals surface area contributed by atoms with E-state index in [-0.39, 0.29) is 0 Å². The second-order valence-corrected chi connectivity index (χ2v) is 1.78. The van der Waals surface area contributed by atoms with E-state index < -0.39 is 11.6 Å². The van der Waals surface area contributed by atoms with E-state index in [1.165, 1.54) is 0 Å². The Hall–Kier alpha value is -1.57. The third kappa shape index (κ3) is 1.46. The third-order valence-electron chi connectivity index (χ3n) is 1.04. The largest absolute Gasteiger partial charge is 0.373 e. The summed E-state index contributed by atoms with van der Waals surface area (Å²) in [4.78, 5) is 6.68. The van der Waals surface area contributed by atoms with Gasteiger partial charge in [0.2, 0.25) is 0 Å². The van der Waals surface area contributed by atoms with Gasteiger partial charge in [-0.2, -0.15) is 14.0 Å².